The molecule has 13 unspecified atom stereocenters. The molecule has 4 heterocycles. The average Bonchev–Trinajstić information content (AvgIpc) is 0.751. The van der Waals surface area contributed by atoms with Crippen LogP contribution in [0.5, 0.6) is 0 Å². The molecule has 99 heavy (non-hydrogen) atoms. The van der Waals surface area contributed by atoms with Crippen molar-refractivity contribution in [2.45, 2.75) is 366 Å². The van der Waals surface area contributed by atoms with Crippen molar-refractivity contribution in [1.29, 1.82) is 0 Å². The van der Waals surface area contributed by atoms with E-state index in [2.05, 4.69) is 75.8 Å². The lowest BCUT2D eigenvalue weighted by Crippen LogP contribution is -2.70. The number of ether oxygens (including phenoxy) is 19. The van der Waals surface area contributed by atoms with Crippen LogP contribution in [0.2, 0.25) is 0 Å². The van der Waals surface area contributed by atoms with Crippen molar-refractivity contribution in [3.8, 4) is 0 Å². The Morgan fingerprint density at radius 2 is 0.828 bits per heavy atom. The monoisotopic (exact) mass is 1410 g/mol. The first-order valence-corrected chi connectivity index (χ1v) is 40.2. The van der Waals surface area contributed by atoms with Gasteiger partial charge in [-0.25, -0.2) is 0 Å². The quantitative estimate of drug-likeness (QED) is 0.0444. The molecule has 0 N–H and O–H groups in total. The van der Waals surface area contributed by atoms with Crippen molar-refractivity contribution >= 4 is 0 Å². The molecule has 0 bridgehead atoms. The smallest absolute Gasteiger partial charge is 0.187 e. The molecule has 1 aliphatic carbocycles. The van der Waals surface area contributed by atoms with Crippen LogP contribution in [0, 0.1) is 5.92 Å². The Morgan fingerprint density at radius 1 is 0.384 bits per heavy atom. The van der Waals surface area contributed by atoms with Crippen molar-refractivity contribution in [3.05, 3.63) is 48.6 Å². The number of hydrogen-bond donors (Lipinski definition) is 0. The summed E-state index contributed by atoms with van der Waals surface area (Å²) >= 11 is 0. The van der Waals surface area contributed by atoms with E-state index in [4.69, 9.17) is 90.0 Å². The minimum Gasteiger partial charge on any atom is -0.381 e. The summed E-state index contributed by atoms with van der Waals surface area (Å²) in [6.45, 7) is 34.2. The highest BCUT2D eigenvalue weighted by Gasteiger charge is 2.60. The molecule has 4 aliphatic heterocycles. The largest absolute Gasteiger partial charge is 0.381 e. The Kier molecular flexibility index (Phi) is 45.4. The zero-order valence-corrected chi connectivity index (χ0v) is 63.8. The van der Waals surface area contributed by atoms with Gasteiger partial charge < -0.3 is 90.0 Å². The second-order valence-corrected chi connectivity index (χ2v) is 28.0. The van der Waals surface area contributed by atoms with E-state index < -0.39 is 117 Å². The molecule has 5 aliphatic rings. The summed E-state index contributed by atoms with van der Waals surface area (Å²) in [6.07, 6.45) is 11.0. The Balaban J connectivity index is 1.60. The summed E-state index contributed by atoms with van der Waals surface area (Å²) in [5.74, 6) is -0.133. The van der Waals surface area contributed by atoms with Gasteiger partial charge in [0.15, 0.2) is 25.2 Å². The number of fused-ring (bicyclic) bond motifs is 1. The molecule has 1 aromatic rings. The third-order valence-corrected chi connectivity index (χ3v) is 19.6. The van der Waals surface area contributed by atoms with E-state index in [0.717, 1.165) is 166 Å². The maximum absolute atomic E-state index is 8.17. The molecule has 0 amide bonds. The Bertz CT molecular complexity index is 2100. The van der Waals surface area contributed by atoms with E-state index in [-0.39, 0.29) is 25.2 Å². The normalized spacial score (nSPS) is 31.9. The second kappa shape index (κ2) is 52.2. The highest BCUT2D eigenvalue weighted by atomic mass is 16.8. The number of benzene rings is 1. The Hall–Kier alpha value is -1.80. The molecular weight excluding hydrogens is 1260 g/mol. The van der Waals surface area contributed by atoms with Gasteiger partial charge in [0.1, 0.15) is 79.4 Å². The van der Waals surface area contributed by atoms with Crippen molar-refractivity contribution < 1.29 is 90.0 Å². The number of rotatable bonds is 57. The van der Waals surface area contributed by atoms with E-state index in [1.54, 1.807) is 0 Å². The fourth-order valence-electron chi connectivity index (χ4n) is 13.5. The van der Waals surface area contributed by atoms with Crippen LogP contribution in [0.4, 0.5) is 0 Å². The minimum absolute atomic E-state index is 0.133. The summed E-state index contributed by atoms with van der Waals surface area (Å²) in [7, 11) is 0. The first-order chi connectivity index (χ1) is 48.7. The van der Waals surface area contributed by atoms with Gasteiger partial charge >= 0.3 is 0 Å². The van der Waals surface area contributed by atoms with Gasteiger partial charge in [-0.05, 0) is 96.8 Å². The molecule has 5 fully saturated rings. The zero-order chi connectivity index (χ0) is 70.7. The lowest BCUT2D eigenvalue weighted by molar-refractivity contribution is -0.419. The van der Waals surface area contributed by atoms with Crippen molar-refractivity contribution in [2.24, 2.45) is 5.92 Å². The molecule has 576 valence electrons. The van der Waals surface area contributed by atoms with Gasteiger partial charge in [-0.3, -0.25) is 0 Å². The van der Waals surface area contributed by atoms with Gasteiger partial charge in [0.05, 0.1) is 38.1 Å². The SMILES string of the molecule is C=CCCCCCCO[C@@H]1OC(COCCCC)[C@@H](O[C@@H]2OC3COC(c4ccccc4)O[C@@H]3C(O[C@H]3CC(COCCCC)[C@H](OCCCC)C(OCCCC)C3OCCCC)C2O[C@@H]2OC(C)[C@@H](OCCCC)C(OCCCC)C2OCCCC)C(OCCCC)C1OCCCC. The number of allylic oxidation sites excluding steroid dienone is 1. The summed E-state index contributed by atoms with van der Waals surface area (Å²) < 4.78 is 137. The van der Waals surface area contributed by atoms with E-state index >= 15 is 0 Å². The molecule has 0 aromatic heterocycles. The van der Waals surface area contributed by atoms with Crippen LogP contribution in [0.25, 0.3) is 0 Å². The molecule has 0 radical (unpaired) electrons. The van der Waals surface area contributed by atoms with Crippen LogP contribution in [0.3, 0.4) is 0 Å². The summed E-state index contributed by atoms with van der Waals surface area (Å²) in [5, 5.41) is 0. The van der Waals surface area contributed by atoms with Gasteiger partial charge in [-0.15, -0.1) is 6.58 Å². The molecule has 1 aromatic carbocycles. The van der Waals surface area contributed by atoms with Gasteiger partial charge in [-0.1, -0.05) is 183 Å². The predicted molar refractivity (Wildman–Crippen MR) is 386 cm³/mol. The molecule has 0 spiro atoms. The highest BCUT2D eigenvalue weighted by molar-refractivity contribution is 5.17. The fraction of sp³-hybridized carbons (Fsp3) is 0.900. The molecule has 21 atom stereocenters. The van der Waals surface area contributed by atoms with Gasteiger partial charge in [0.2, 0.25) is 0 Å². The summed E-state index contributed by atoms with van der Waals surface area (Å²) in [5.41, 5.74) is 0.857. The topological polar surface area (TPSA) is 175 Å². The molecule has 6 rings (SSSR count). The highest BCUT2D eigenvalue weighted by Crippen LogP contribution is 2.44. The van der Waals surface area contributed by atoms with Gasteiger partial charge in [-0.2, -0.15) is 0 Å². The lowest BCUT2D eigenvalue weighted by Gasteiger charge is -2.54. The molecular formula is C80H142O19. The fourth-order valence-corrected chi connectivity index (χ4v) is 13.5. The van der Waals surface area contributed by atoms with Gasteiger partial charge in [0, 0.05) is 84.2 Å². The molecule has 19 heteroatoms. The summed E-state index contributed by atoms with van der Waals surface area (Å²) in [6, 6.07) is 10.1. The number of unbranched alkanes of at least 4 members (excludes halogenated alkanes) is 14. The second-order valence-electron chi connectivity index (χ2n) is 28.0. The van der Waals surface area contributed by atoms with Crippen molar-refractivity contribution in [3.63, 3.8) is 0 Å². The standard InChI is InChI=1S/C80H142O19/c1-13-24-35-36-37-41-54-91-78-74(89-52-33-22-10)72(88-51-32-21-9)68(63(95-78)57-82-45-26-15-3)98-80-76(99-79-75(90-53-34-23-11)70(86-49-30-19-7)65(59(12)93-79)83-46-27-16-4)73(69-64(96-80)58-92-77(97-69)60-42-39-38-40-43-60)94-62-55-61(56-81-44-25-14-2)66(84-47-28-17-5)71(87-50-31-20-8)67(62)85-48-29-18-6/h13,38-40,42-43,59,61-80H,1,14-37,41,44-58H2,2-12H3/t59?,61?,62-,63?,64?,65+,66-,67?,68+,69-,70?,71?,72?,73?,74?,75?,76?,77?,78+,79-,80-/m0/s1. The predicted octanol–water partition coefficient (Wildman–Crippen LogP) is 16.1. The van der Waals surface area contributed by atoms with Crippen molar-refractivity contribution in [1.82, 2.24) is 0 Å². The first-order valence-electron chi connectivity index (χ1n) is 40.2. The maximum Gasteiger partial charge on any atom is 0.187 e. The van der Waals surface area contributed by atoms with E-state index in [9.17, 15) is 0 Å². The van der Waals surface area contributed by atoms with Crippen LogP contribution in [-0.2, 0) is 90.0 Å². The molecule has 1 saturated carbocycles. The summed E-state index contributed by atoms with van der Waals surface area (Å²) in [4.78, 5) is 0. The lowest BCUT2D eigenvalue weighted by atomic mass is 9.80. The Morgan fingerprint density at radius 3 is 1.38 bits per heavy atom. The third kappa shape index (κ3) is 28.8. The van der Waals surface area contributed by atoms with Gasteiger partial charge in [0.25, 0.3) is 0 Å². The molecule has 4 saturated heterocycles. The van der Waals surface area contributed by atoms with Crippen LogP contribution in [-0.4, -0.2) is 209 Å². The first kappa shape index (κ1) is 86.1. The van der Waals surface area contributed by atoms with Crippen molar-refractivity contribution in [2.75, 3.05) is 92.5 Å². The van der Waals surface area contributed by atoms with Crippen LogP contribution in [0.1, 0.15) is 255 Å². The Labute approximate surface area is 600 Å². The van der Waals surface area contributed by atoms with E-state index in [1.807, 2.05) is 43.3 Å². The van der Waals surface area contributed by atoms with Crippen LogP contribution in [0.15, 0.2) is 43.0 Å². The minimum atomic E-state index is -1.23. The zero-order valence-electron chi connectivity index (χ0n) is 63.8. The van der Waals surface area contributed by atoms with E-state index in [0.29, 0.717) is 85.7 Å². The van der Waals surface area contributed by atoms with Crippen LogP contribution >= 0.6 is 0 Å². The van der Waals surface area contributed by atoms with E-state index in [1.165, 1.54) is 0 Å². The van der Waals surface area contributed by atoms with Crippen LogP contribution < -0.4 is 0 Å². The number of hydrogen-bond acceptors (Lipinski definition) is 19. The third-order valence-electron chi connectivity index (χ3n) is 19.6. The maximum atomic E-state index is 8.17. The molecule has 19 nitrogen and oxygen atoms in total. The average molecular weight is 1410 g/mol.